The first-order valence-electron chi connectivity index (χ1n) is 5.40. The van der Waals surface area contributed by atoms with E-state index in [1.165, 1.54) is 19.1 Å². The summed E-state index contributed by atoms with van der Waals surface area (Å²) < 4.78 is 13.5. The second-order valence-corrected chi connectivity index (χ2v) is 3.76. The van der Waals surface area contributed by atoms with Gasteiger partial charge < -0.3 is 10.4 Å². The highest BCUT2D eigenvalue weighted by Crippen LogP contribution is 2.12. The smallest absolute Gasteiger partial charge is 0.307 e. The lowest BCUT2D eigenvalue weighted by Crippen LogP contribution is -2.19. The predicted molar refractivity (Wildman–Crippen MR) is 65.5 cm³/mol. The molecule has 0 aliphatic rings. The summed E-state index contributed by atoms with van der Waals surface area (Å²) in [4.78, 5) is 21.1. The molecule has 0 aliphatic carbocycles. The maximum absolute atomic E-state index is 13.5. The summed E-state index contributed by atoms with van der Waals surface area (Å²) in [6.07, 6.45) is 3.01. The summed E-state index contributed by atoms with van der Waals surface area (Å²) in [5, 5.41) is 11.1. The van der Waals surface area contributed by atoms with Gasteiger partial charge in [-0.15, -0.1) is 0 Å². The van der Waals surface area contributed by atoms with E-state index in [1.54, 1.807) is 18.2 Å². The fourth-order valence-electron chi connectivity index (χ4n) is 1.37. The van der Waals surface area contributed by atoms with Gasteiger partial charge in [0, 0.05) is 13.5 Å². The second-order valence-electron chi connectivity index (χ2n) is 3.76. The maximum atomic E-state index is 13.5. The van der Waals surface area contributed by atoms with Gasteiger partial charge >= 0.3 is 5.97 Å². The number of hydrogen-bond donors (Lipinski definition) is 2. The quantitative estimate of drug-likeness (QED) is 0.835. The first-order chi connectivity index (χ1) is 8.49. The summed E-state index contributed by atoms with van der Waals surface area (Å²) in [6.45, 7) is 1.78. The van der Waals surface area contributed by atoms with Gasteiger partial charge in [0.25, 0.3) is 0 Å². The van der Waals surface area contributed by atoms with Gasteiger partial charge in [0.15, 0.2) is 0 Å². The number of rotatable bonds is 5. The molecule has 0 saturated heterocycles. The van der Waals surface area contributed by atoms with Gasteiger partial charge in [-0.3, -0.25) is 9.59 Å². The number of amides is 1. The van der Waals surface area contributed by atoms with Crippen LogP contribution in [0.2, 0.25) is 0 Å². The molecule has 0 unspecified atom stereocenters. The summed E-state index contributed by atoms with van der Waals surface area (Å²) in [5.74, 6) is -1.75. The predicted octanol–water partition coefficient (Wildman–Crippen LogP) is 1.60. The first-order valence-corrected chi connectivity index (χ1v) is 5.40. The Labute approximate surface area is 104 Å². The summed E-state index contributed by atoms with van der Waals surface area (Å²) >= 11 is 0. The molecular formula is C13H14FNO3. The molecule has 2 N–H and O–H groups in total. The van der Waals surface area contributed by atoms with Crippen LogP contribution in [0, 0.1) is 5.82 Å². The van der Waals surface area contributed by atoms with Crippen LogP contribution in [-0.4, -0.2) is 23.5 Å². The average Bonchev–Trinajstić information content (AvgIpc) is 2.27. The minimum Gasteiger partial charge on any atom is -0.481 e. The number of hydrogen-bond acceptors (Lipinski definition) is 2. The van der Waals surface area contributed by atoms with Gasteiger partial charge in [0.05, 0.1) is 6.42 Å². The Hall–Kier alpha value is -2.17. The van der Waals surface area contributed by atoms with Crippen molar-refractivity contribution in [2.45, 2.75) is 13.3 Å². The van der Waals surface area contributed by atoms with Crippen LogP contribution in [0.5, 0.6) is 0 Å². The second kappa shape index (κ2) is 6.54. The molecule has 18 heavy (non-hydrogen) atoms. The molecule has 1 aromatic rings. The molecule has 0 bridgehead atoms. The van der Waals surface area contributed by atoms with Crippen molar-refractivity contribution >= 4 is 18.0 Å². The van der Waals surface area contributed by atoms with Crippen LogP contribution in [0.3, 0.4) is 0 Å². The average molecular weight is 251 g/mol. The Morgan fingerprint density at radius 1 is 1.44 bits per heavy atom. The summed E-state index contributed by atoms with van der Waals surface area (Å²) in [5.41, 5.74) is 0.772. The van der Waals surface area contributed by atoms with Crippen LogP contribution in [0.4, 0.5) is 4.39 Å². The summed E-state index contributed by atoms with van der Waals surface area (Å²) in [6, 6.07) is 4.34. The standard InChI is InChI=1S/C13H14FNO3/c1-9(16)15-6-2-3-10-4-5-11(8-13(17)18)12(14)7-10/h2-5,7H,6,8H2,1H3,(H,15,16)(H,17,18). The molecule has 0 radical (unpaired) electrons. The number of halogens is 1. The van der Waals surface area contributed by atoms with E-state index < -0.39 is 11.8 Å². The minimum atomic E-state index is -1.07. The molecule has 0 spiro atoms. The molecule has 0 saturated carbocycles. The Bertz CT molecular complexity index is 483. The van der Waals surface area contributed by atoms with Crippen molar-refractivity contribution in [3.63, 3.8) is 0 Å². The Balaban J connectivity index is 2.66. The van der Waals surface area contributed by atoms with Crippen LogP contribution in [0.1, 0.15) is 18.1 Å². The highest BCUT2D eigenvalue weighted by atomic mass is 19.1. The van der Waals surface area contributed by atoms with Crippen LogP contribution in [0.15, 0.2) is 24.3 Å². The number of carbonyl (C=O) groups excluding carboxylic acids is 1. The number of nitrogens with one attached hydrogen (secondary N) is 1. The molecule has 0 atom stereocenters. The number of carboxylic acids is 1. The normalized spacial score (nSPS) is 10.6. The zero-order valence-electron chi connectivity index (χ0n) is 9.94. The largest absolute Gasteiger partial charge is 0.481 e. The molecule has 96 valence electrons. The number of aliphatic carboxylic acids is 1. The van der Waals surface area contributed by atoms with E-state index in [0.717, 1.165) is 0 Å². The number of carboxylic acid groups (broad SMARTS) is 1. The highest BCUT2D eigenvalue weighted by Gasteiger charge is 2.06. The van der Waals surface area contributed by atoms with Crippen LogP contribution in [-0.2, 0) is 16.0 Å². The van der Waals surface area contributed by atoms with Gasteiger partial charge in [0.2, 0.25) is 5.91 Å². The SMILES string of the molecule is CC(=O)NCC=Cc1ccc(CC(=O)O)c(F)c1. The third-order valence-electron chi connectivity index (χ3n) is 2.20. The molecule has 0 aliphatic heterocycles. The van der Waals surface area contributed by atoms with Gasteiger partial charge in [-0.1, -0.05) is 24.3 Å². The lowest BCUT2D eigenvalue weighted by atomic mass is 10.1. The van der Waals surface area contributed by atoms with E-state index in [0.29, 0.717) is 12.1 Å². The molecule has 1 rings (SSSR count). The fourth-order valence-corrected chi connectivity index (χ4v) is 1.37. The van der Waals surface area contributed by atoms with Crippen LogP contribution < -0.4 is 5.32 Å². The van der Waals surface area contributed by atoms with Crippen molar-refractivity contribution < 1.29 is 19.1 Å². The van der Waals surface area contributed by atoms with Crippen molar-refractivity contribution in [3.8, 4) is 0 Å². The Morgan fingerprint density at radius 2 is 2.17 bits per heavy atom. The van der Waals surface area contributed by atoms with Crippen molar-refractivity contribution in [1.29, 1.82) is 0 Å². The van der Waals surface area contributed by atoms with Crippen molar-refractivity contribution in [2.24, 2.45) is 0 Å². The third-order valence-corrected chi connectivity index (χ3v) is 2.20. The van der Waals surface area contributed by atoms with E-state index >= 15 is 0 Å². The van der Waals surface area contributed by atoms with E-state index in [9.17, 15) is 14.0 Å². The molecule has 4 nitrogen and oxygen atoms in total. The van der Waals surface area contributed by atoms with Gasteiger partial charge in [-0.05, 0) is 17.2 Å². The van der Waals surface area contributed by atoms with Crippen molar-refractivity contribution in [1.82, 2.24) is 5.32 Å². The van der Waals surface area contributed by atoms with Gasteiger partial charge in [-0.25, -0.2) is 4.39 Å². The lowest BCUT2D eigenvalue weighted by Gasteiger charge is -2.01. The lowest BCUT2D eigenvalue weighted by molar-refractivity contribution is -0.136. The van der Waals surface area contributed by atoms with Crippen LogP contribution in [0.25, 0.3) is 6.08 Å². The van der Waals surface area contributed by atoms with Gasteiger partial charge in [-0.2, -0.15) is 0 Å². The molecule has 0 aromatic heterocycles. The summed E-state index contributed by atoms with van der Waals surface area (Å²) in [7, 11) is 0. The van der Waals surface area contributed by atoms with E-state index in [2.05, 4.69) is 5.32 Å². The molecule has 5 heteroatoms. The first kappa shape index (κ1) is 13.9. The van der Waals surface area contributed by atoms with E-state index in [4.69, 9.17) is 5.11 Å². The Kier molecular flexibility index (Phi) is 5.05. The monoisotopic (exact) mass is 251 g/mol. The minimum absolute atomic E-state index is 0.136. The van der Waals surface area contributed by atoms with Crippen LogP contribution >= 0.6 is 0 Å². The molecule has 0 fully saturated rings. The Morgan fingerprint density at radius 3 is 2.72 bits per heavy atom. The molecule has 0 heterocycles. The number of carbonyl (C=O) groups is 2. The number of benzene rings is 1. The van der Waals surface area contributed by atoms with Crippen molar-refractivity contribution in [2.75, 3.05) is 6.54 Å². The molecule has 1 amide bonds. The molecule has 1 aromatic carbocycles. The fraction of sp³-hybridized carbons (Fsp3) is 0.231. The van der Waals surface area contributed by atoms with Gasteiger partial charge in [0.1, 0.15) is 5.82 Å². The van der Waals surface area contributed by atoms with E-state index in [1.807, 2.05) is 0 Å². The van der Waals surface area contributed by atoms with E-state index in [-0.39, 0.29) is 17.9 Å². The molecular weight excluding hydrogens is 237 g/mol. The topological polar surface area (TPSA) is 66.4 Å². The third kappa shape index (κ3) is 4.78. The van der Waals surface area contributed by atoms with Crippen molar-refractivity contribution in [3.05, 3.63) is 41.2 Å². The zero-order chi connectivity index (χ0) is 13.5. The maximum Gasteiger partial charge on any atom is 0.307 e. The highest BCUT2D eigenvalue weighted by molar-refractivity contribution is 5.73. The zero-order valence-corrected chi connectivity index (χ0v) is 9.94.